The highest BCUT2D eigenvalue weighted by Gasteiger charge is 2.17. The summed E-state index contributed by atoms with van der Waals surface area (Å²) < 4.78 is 35.1. The Morgan fingerprint density at radius 2 is 1.83 bits per heavy atom. The Morgan fingerprint density at radius 3 is 2.50 bits per heavy atom. The molecule has 2 aromatic heterocycles. The maximum absolute atomic E-state index is 12.7. The molecule has 1 N–H and O–H groups in total. The van der Waals surface area contributed by atoms with E-state index >= 15 is 0 Å². The second-order valence-corrected chi connectivity index (χ2v) is 8.41. The third-order valence-corrected chi connectivity index (χ3v) is 5.89. The number of nitrogens with zero attached hydrogens (tertiary/aromatic N) is 4. The number of ether oxygens (including phenoxy) is 1. The van der Waals surface area contributed by atoms with Gasteiger partial charge in [-0.2, -0.15) is 5.10 Å². The highest BCUT2D eigenvalue weighted by atomic mass is 35.5. The fraction of sp³-hybridized carbons (Fsp3) is 0.0500. The van der Waals surface area contributed by atoms with Crippen molar-refractivity contribution in [1.82, 2.24) is 20.0 Å². The Morgan fingerprint density at radius 1 is 1.03 bits per heavy atom. The van der Waals surface area contributed by atoms with Crippen molar-refractivity contribution in [2.45, 2.75) is 11.8 Å². The van der Waals surface area contributed by atoms with Gasteiger partial charge in [-0.25, -0.2) is 13.1 Å². The number of halogens is 1. The van der Waals surface area contributed by atoms with Crippen LogP contribution in [0.1, 0.15) is 5.56 Å². The van der Waals surface area contributed by atoms with Gasteiger partial charge in [0.2, 0.25) is 5.88 Å². The lowest BCUT2D eigenvalue weighted by molar-refractivity contribution is 0.454. The van der Waals surface area contributed by atoms with Crippen LogP contribution in [0.15, 0.2) is 78.0 Å². The summed E-state index contributed by atoms with van der Waals surface area (Å²) in [6.45, 7) is 1.71. The van der Waals surface area contributed by atoms with E-state index in [1.165, 1.54) is 6.07 Å². The molecule has 0 unspecified atom stereocenters. The third-order valence-electron chi connectivity index (χ3n) is 4.13. The second kappa shape index (κ2) is 8.13. The lowest BCUT2D eigenvalue weighted by Crippen LogP contribution is -2.14. The predicted molar refractivity (Wildman–Crippen MR) is 113 cm³/mol. The largest absolute Gasteiger partial charge is 0.438 e. The molecule has 0 radical (unpaired) electrons. The Balaban J connectivity index is 1.46. The van der Waals surface area contributed by atoms with Gasteiger partial charge >= 0.3 is 0 Å². The van der Waals surface area contributed by atoms with Crippen LogP contribution < -0.4 is 9.46 Å². The first kappa shape index (κ1) is 19.9. The van der Waals surface area contributed by atoms with Gasteiger partial charge in [-0.3, -0.25) is 4.72 Å². The maximum atomic E-state index is 12.7. The number of aryl methyl sites for hydroxylation is 1. The van der Waals surface area contributed by atoms with E-state index in [-0.39, 0.29) is 4.90 Å². The van der Waals surface area contributed by atoms with E-state index in [1.807, 2.05) is 0 Å². The summed E-state index contributed by atoms with van der Waals surface area (Å²) in [6, 6.07) is 16.4. The smallest absolute Gasteiger partial charge is 0.262 e. The minimum absolute atomic E-state index is 0.128. The normalized spacial score (nSPS) is 11.3. The summed E-state index contributed by atoms with van der Waals surface area (Å²) in [5, 5.41) is 12.5. The summed E-state index contributed by atoms with van der Waals surface area (Å²) in [5.74, 6) is 1.35. The van der Waals surface area contributed by atoms with E-state index < -0.39 is 10.0 Å². The molecule has 8 nitrogen and oxygen atoms in total. The van der Waals surface area contributed by atoms with E-state index in [1.54, 1.807) is 78.6 Å². The molecule has 10 heteroatoms. The maximum Gasteiger partial charge on any atom is 0.262 e. The van der Waals surface area contributed by atoms with E-state index in [4.69, 9.17) is 16.3 Å². The minimum Gasteiger partial charge on any atom is -0.438 e. The summed E-state index contributed by atoms with van der Waals surface area (Å²) in [4.78, 5) is 0.128. The van der Waals surface area contributed by atoms with Crippen molar-refractivity contribution in [3.8, 4) is 17.4 Å². The van der Waals surface area contributed by atoms with Crippen LogP contribution in [-0.2, 0) is 10.0 Å². The Hall–Kier alpha value is -3.43. The molecule has 0 atom stereocenters. The zero-order valence-electron chi connectivity index (χ0n) is 15.7. The molecule has 0 saturated carbocycles. The molecule has 2 heterocycles. The first-order valence-corrected chi connectivity index (χ1v) is 10.7. The van der Waals surface area contributed by atoms with Crippen LogP contribution in [0.2, 0.25) is 5.02 Å². The van der Waals surface area contributed by atoms with Crippen molar-refractivity contribution in [2.24, 2.45) is 0 Å². The average molecular weight is 442 g/mol. The van der Waals surface area contributed by atoms with Crippen LogP contribution in [0.4, 0.5) is 5.69 Å². The number of aromatic nitrogens is 4. The monoisotopic (exact) mass is 441 g/mol. The first-order chi connectivity index (χ1) is 14.4. The summed E-state index contributed by atoms with van der Waals surface area (Å²) in [7, 11) is -3.77. The van der Waals surface area contributed by atoms with Crippen LogP contribution in [0.3, 0.4) is 0 Å². The first-order valence-electron chi connectivity index (χ1n) is 8.81. The standard InChI is InChI=1S/C20H16ClN5O3S/c1-14-3-4-15(21)13-18(14)30(27,28)25-16-5-7-17(8-6-16)29-20-10-9-19(23-24-20)26-12-2-11-22-26/h2-13,25H,1H3. The third kappa shape index (κ3) is 4.42. The van der Waals surface area contributed by atoms with Gasteiger partial charge in [-0.15, -0.1) is 10.2 Å². The molecule has 2 aromatic carbocycles. The molecule has 4 rings (SSSR count). The van der Waals surface area contributed by atoms with Gasteiger partial charge in [0.05, 0.1) is 4.90 Å². The van der Waals surface area contributed by atoms with Crippen LogP contribution in [0.25, 0.3) is 5.82 Å². The molecule has 30 heavy (non-hydrogen) atoms. The highest BCUT2D eigenvalue weighted by Crippen LogP contribution is 2.25. The molecular formula is C20H16ClN5O3S. The van der Waals surface area contributed by atoms with Gasteiger partial charge in [0, 0.05) is 29.2 Å². The van der Waals surface area contributed by atoms with Crippen molar-refractivity contribution in [3.63, 3.8) is 0 Å². The lowest BCUT2D eigenvalue weighted by atomic mass is 10.2. The second-order valence-electron chi connectivity index (χ2n) is 6.32. The van der Waals surface area contributed by atoms with Gasteiger partial charge in [-0.05, 0) is 61.0 Å². The predicted octanol–water partition coefficient (Wildman–Crippen LogP) is 4.22. The van der Waals surface area contributed by atoms with Gasteiger partial charge < -0.3 is 4.74 Å². The van der Waals surface area contributed by atoms with Crippen molar-refractivity contribution >= 4 is 27.3 Å². The minimum atomic E-state index is -3.77. The fourth-order valence-electron chi connectivity index (χ4n) is 2.68. The number of benzene rings is 2. The van der Waals surface area contributed by atoms with Crippen molar-refractivity contribution < 1.29 is 13.2 Å². The SMILES string of the molecule is Cc1ccc(Cl)cc1S(=O)(=O)Nc1ccc(Oc2ccc(-n3cccn3)nn2)cc1. The number of nitrogens with one attached hydrogen (secondary N) is 1. The van der Waals surface area contributed by atoms with E-state index in [0.29, 0.717) is 33.7 Å². The number of hydrogen-bond acceptors (Lipinski definition) is 6. The molecular weight excluding hydrogens is 426 g/mol. The quantitative estimate of drug-likeness (QED) is 0.481. The van der Waals surface area contributed by atoms with Crippen LogP contribution in [0.5, 0.6) is 11.6 Å². The highest BCUT2D eigenvalue weighted by molar-refractivity contribution is 7.92. The molecule has 0 spiro atoms. The fourth-order valence-corrected chi connectivity index (χ4v) is 4.25. The summed E-state index contributed by atoms with van der Waals surface area (Å²) in [6.07, 6.45) is 3.41. The lowest BCUT2D eigenvalue weighted by Gasteiger charge is -2.11. The van der Waals surface area contributed by atoms with Gasteiger partial charge in [0.15, 0.2) is 5.82 Å². The summed E-state index contributed by atoms with van der Waals surface area (Å²) >= 11 is 5.94. The van der Waals surface area contributed by atoms with Crippen molar-refractivity contribution in [1.29, 1.82) is 0 Å². The van der Waals surface area contributed by atoms with E-state index in [0.717, 1.165) is 0 Å². The Kier molecular flexibility index (Phi) is 5.39. The molecule has 0 aliphatic heterocycles. The topological polar surface area (TPSA) is 99.0 Å². The van der Waals surface area contributed by atoms with Crippen molar-refractivity contribution in [2.75, 3.05) is 4.72 Å². The molecule has 4 aromatic rings. The number of rotatable bonds is 6. The van der Waals surface area contributed by atoms with Crippen molar-refractivity contribution in [3.05, 3.63) is 83.6 Å². The molecule has 0 bridgehead atoms. The average Bonchev–Trinajstić information content (AvgIpc) is 3.26. The van der Waals surface area contributed by atoms with Gasteiger partial charge in [0.25, 0.3) is 10.0 Å². The van der Waals surface area contributed by atoms with Gasteiger partial charge in [-0.1, -0.05) is 17.7 Å². The molecule has 0 saturated heterocycles. The number of hydrogen-bond donors (Lipinski definition) is 1. The Labute approximate surface area is 178 Å². The number of anilines is 1. The zero-order valence-corrected chi connectivity index (χ0v) is 17.3. The summed E-state index contributed by atoms with van der Waals surface area (Å²) in [5.41, 5.74) is 0.992. The van der Waals surface area contributed by atoms with E-state index in [2.05, 4.69) is 20.0 Å². The molecule has 0 fully saturated rings. The molecule has 0 aliphatic rings. The zero-order chi connectivity index (χ0) is 21.1. The number of sulfonamides is 1. The van der Waals surface area contributed by atoms with Crippen LogP contribution in [0, 0.1) is 6.92 Å². The van der Waals surface area contributed by atoms with Crippen LogP contribution in [-0.4, -0.2) is 28.4 Å². The van der Waals surface area contributed by atoms with E-state index in [9.17, 15) is 8.42 Å². The van der Waals surface area contributed by atoms with Crippen LogP contribution >= 0.6 is 11.6 Å². The molecule has 152 valence electrons. The van der Waals surface area contributed by atoms with Gasteiger partial charge in [0.1, 0.15) is 5.75 Å². The Bertz CT molecular complexity index is 1260. The molecule has 0 amide bonds. The molecule has 0 aliphatic carbocycles.